The second-order valence-electron chi connectivity index (χ2n) is 15.8. The highest BCUT2D eigenvalue weighted by molar-refractivity contribution is 7.48. The number of cyclic esters (lactones) is 1. The molecule has 1 aliphatic carbocycles. The van der Waals surface area contributed by atoms with Gasteiger partial charge in [-0.25, -0.2) is 22.9 Å². The number of hydrogen-bond acceptors (Lipinski definition) is 11. The summed E-state index contributed by atoms with van der Waals surface area (Å²) in [4.78, 5) is 52.1. The molecule has 3 aliphatic rings. The van der Waals surface area contributed by atoms with Crippen LogP contribution in [0.3, 0.4) is 0 Å². The molecule has 0 radical (unpaired) electrons. The number of phosphoric acid groups is 1. The lowest BCUT2D eigenvalue weighted by Gasteiger charge is -2.43. The first-order valence-electron chi connectivity index (χ1n) is 20.5. The number of carbonyl (C=O) groups is 3. The van der Waals surface area contributed by atoms with Gasteiger partial charge >= 0.3 is 19.9 Å². The van der Waals surface area contributed by atoms with E-state index in [4.69, 9.17) is 23.0 Å². The Bertz CT molecular complexity index is 2570. The minimum atomic E-state index is -4.46. The maximum atomic E-state index is 16.1. The van der Waals surface area contributed by atoms with Crippen molar-refractivity contribution >= 4 is 48.1 Å². The minimum Gasteiger partial charge on any atom is -0.487 e. The Morgan fingerprint density at radius 3 is 2.14 bits per heavy atom. The monoisotopic (exact) mass is 886 g/mol. The molecule has 330 valence electrons. The molecule has 3 fully saturated rings. The standard InChI is InChI=1S/C45H45F2N4O11P/c1-29(52)48-23-34-24-51(44(56)61-34)33-14-15-41(38(47)20-33)58-28-45(62-63(57,59-26-30-8-4-2-5-9-30)60-27-31-10-6-3-7-11-31)16-18-49(19-17-45)40-22-39-35(21-37(40)46)42(53)36(43(54)55)25-50(39)32-12-13-32/h2-11,14-15,20-22,25,32,34H,12-13,16-19,23-24,26-28H2,1H3,(H,48,52)(H,54,55)/t34-/m0/s1. The van der Waals surface area contributed by atoms with E-state index in [2.05, 4.69) is 5.32 Å². The number of benzene rings is 4. The molecule has 63 heavy (non-hydrogen) atoms. The number of aromatic nitrogens is 1. The Hall–Kier alpha value is -6.13. The lowest BCUT2D eigenvalue weighted by Crippen LogP contribution is -2.49. The summed E-state index contributed by atoms with van der Waals surface area (Å²) >= 11 is 0. The zero-order valence-electron chi connectivity index (χ0n) is 34.2. The molecular weight excluding hydrogens is 841 g/mol. The summed E-state index contributed by atoms with van der Waals surface area (Å²) in [7, 11) is -4.46. The average Bonchev–Trinajstić information content (AvgIpc) is 4.05. The van der Waals surface area contributed by atoms with Crippen LogP contribution in [-0.2, 0) is 40.9 Å². The van der Waals surface area contributed by atoms with E-state index in [0.29, 0.717) is 16.6 Å². The van der Waals surface area contributed by atoms with Crippen LogP contribution < -0.4 is 25.3 Å². The molecular formula is C45H45F2N4O11P. The third-order valence-electron chi connectivity index (χ3n) is 11.2. The number of carboxylic acid groups (broad SMARTS) is 1. The molecule has 0 bridgehead atoms. The predicted molar refractivity (Wildman–Crippen MR) is 227 cm³/mol. The fourth-order valence-corrected chi connectivity index (χ4v) is 9.19. The zero-order valence-corrected chi connectivity index (χ0v) is 35.1. The van der Waals surface area contributed by atoms with Crippen molar-refractivity contribution in [2.45, 2.75) is 63.6 Å². The fourth-order valence-electron chi connectivity index (χ4n) is 7.69. The normalized spacial score (nSPS) is 17.4. The smallest absolute Gasteiger partial charge is 0.476 e. The summed E-state index contributed by atoms with van der Waals surface area (Å²) in [6, 6.07) is 24.6. The largest absolute Gasteiger partial charge is 0.487 e. The molecule has 2 amide bonds. The molecule has 2 aliphatic heterocycles. The van der Waals surface area contributed by atoms with Crippen LogP contribution in [0.1, 0.15) is 60.1 Å². The van der Waals surface area contributed by atoms with Gasteiger partial charge in [-0.2, -0.15) is 0 Å². The van der Waals surface area contributed by atoms with Gasteiger partial charge < -0.3 is 29.4 Å². The van der Waals surface area contributed by atoms with Gasteiger partial charge in [0, 0.05) is 43.7 Å². The van der Waals surface area contributed by atoms with E-state index < -0.39 is 54.2 Å². The van der Waals surface area contributed by atoms with Crippen LogP contribution in [0.5, 0.6) is 5.75 Å². The first-order chi connectivity index (χ1) is 30.3. The second kappa shape index (κ2) is 18.3. The van der Waals surface area contributed by atoms with Crippen molar-refractivity contribution in [1.29, 1.82) is 0 Å². The number of nitrogens with zero attached hydrogens (tertiary/aromatic N) is 3. The number of carbonyl (C=O) groups excluding carboxylic acids is 2. The van der Waals surface area contributed by atoms with Gasteiger partial charge in [0.05, 0.1) is 43.2 Å². The minimum absolute atomic E-state index is 0.0319. The van der Waals surface area contributed by atoms with Crippen molar-refractivity contribution in [1.82, 2.24) is 9.88 Å². The van der Waals surface area contributed by atoms with Gasteiger partial charge in [-0.3, -0.25) is 28.1 Å². The summed E-state index contributed by atoms with van der Waals surface area (Å²) in [6.45, 7) is 1.12. The van der Waals surface area contributed by atoms with Crippen LogP contribution in [0.2, 0.25) is 0 Å². The summed E-state index contributed by atoms with van der Waals surface area (Å²) in [5, 5.41) is 12.3. The summed E-state index contributed by atoms with van der Waals surface area (Å²) in [5.41, 5.74) is -0.518. The van der Waals surface area contributed by atoms with Gasteiger partial charge in [-0.15, -0.1) is 0 Å². The van der Waals surface area contributed by atoms with Crippen molar-refractivity contribution in [3.05, 3.63) is 136 Å². The van der Waals surface area contributed by atoms with Crippen LogP contribution in [0.25, 0.3) is 10.9 Å². The van der Waals surface area contributed by atoms with Crippen molar-refractivity contribution in [3.63, 3.8) is 0 Å². The molecule has 1 aromatic heterocycles. The van der Waals surface area contributed by atoms with E-state index >= 15 is 8.78 Å². The second-order valence-corrected chi connectivity index (χ2v) is 17.4. The van der Waals surface area contributed by atoms with Crippen molar-refractivity contribution in [2.24, 2.45) is 0 Å². The maximum absolute atomic E-state index is 16.1. The Balaban J connectivity index is 1.07. The molecule has 0 unspecified atom stereocenters. The molecule has 1 atom stereocenters. The SMILES string of the molecule is CC(=O)NC[C@H]1CN(c2ccc(OCC3(OP(=O)(OCc4ccccc4)OCc4ccccc4)CCN(c4cc5c(cc4F)c(=O)c(C(=O)O)cn5C4CC4)CC3)c(F)c2)C(=O)O1. The van der Waals surface area contributed by atoms with Crippen LogP contribution >= 0.6 is 7.82 Å². The van der Waals surface area contributed by atoms with E-state index in [0.717, 1.165) is 25.0 Å². The van der Waals surface area contributed by atoms with Gasteiger partial charge in [0.25, 0.3) is 0 Å². The number of pyridine rings is 1. The van der Waals surface area contributed by atoms with Gasteiger partial charge in [0.15, 0.2) is 11.6 Å². The van der Waals surface area contributed by atoms with Crippen molar-refractivity contribution < 1.29 is 55.9 Å². The van der Waals surface area contributed by atoms with E-state index in [-0.39, 0.29) is 93.3 Å². The van der Waals surface area contributed by atoms with Gasteiger partial charge in [0.1, 0.15) is 29.7 Å². The number of nitrogens with one attached hydrogen (secondary N) is 1. The number of hydrogen-bond donors (Lipinski definition) is 2. The predicted octanol–water partition coefficient (Wildman–Crippen LogP) is 7.75. The Morgan fingerprint density at radius 2 is 1.56 bits per heavy atom. The van der Waals surface area contributed by atoms with E-state index in [1.165, 1.54) is 30.2 Å². The third kappa shape index (κ3) is 10.1. The summed E-state index contributed by atoms with van der Waals surface area (Å²) < 4.78 is 78.3. The van der Waals surface area contributed by atoms with Gasteiger partial charge in [-0.05, 0) is 61.1 Å². The molecule has 2 saturated heterocycles. The van der Waals surface area contributed by atoms with Crippen molar-refractivity contribution in [3.8, 4) is 5.75 Å². The quantitative estimate of drug-likeness (QED) is 0.0871. The Morgan fingerprint density at radius 1 is 0.905 bits per heavy atom. The molecule has 5 aromatic rings. The fraction of sp³-hybridized carbons (Fsp3) is 0.333. The number of halogens is 2. The molecule has 18 heteroatoms. The maximum Gasteiger partial charge on any atom is 0.476 e. The van der Waals surface area contributed by atoms with E-state index in [1.54, 1.807) is 64.1 Å². The van der Waals surface area contributed by atoms with Crippen LogP contribution in [-0.4, -0.2) is 72.1 Å². The molecule has 2 N–H and O–H groups in total. The highest BCUT2D eigenvalue weighted by Crippen LogP contribution is 2.56. The number of ether oxygens (including phenoxy) is 2. The number of aromatic carboxylic acids is 1. The molecule has 1 saturated carbocycles. The van der Waals surface area contributed by atoms with Crippen molar-refractivity contribution in [2.75, 3.05) is 42.6 Å². The summed E-state index contributed by atoms with van der Waals surface area (Å²) in [6.07, 6.45) is 1.64. The molecule has 8 rings (SSSR count). The number of carboxylic acids is 1. The van der Waals surface area contributed by atoms with Crippen LogP contribution in [0, 0.1) is 11.6 Å². The number of phosphoric ester groups is 1. The Labute approximate surface area is 360 Å². The zero-order chi connectivity index (χ0) is 44.3. The van der Waals surface area contributed by atoms with Crippen LogP contribution in [0.4, 0.5) is 25.0 Å². The first-order valence-corrected chi connectivity index (χ1v) is 21.9. The molecule has 3 heterocycles. The highest BCUT2D eigenvalue weighted by Gasteiger charge is 2.45. The molecule has 15 nitrogen and oxygen atoms in total. The van der Waals surface area contributed by atoms with Gasteiger partial charge in [-0.1, -0.05) is 60.7 Å². The topological polar surface area (TPSA) is 175 Å². The first kappa shape index (κ1) is 43.5. The third-order valence-corrected chi connectivity index (χ3v) is 12.7. The summed E-state index contributed by atoms with van der Waals surface area (Å²) in [5.74, 6) is -3.43. The van der Waals surface area contributed by atoms with E-state index in [1.807, 2.05) is 12.1 Å². The number of fused-ring (bicyclic) bond motifs is 1. The number of anilines is 2. The number of rotatable bonds is 17. The average molecular weight is 887 g/mol. The number of amides is 2. The van der Waals surface area contributed by atoms with Gasteiger partial charge in [0.2, 0.25) is 11.3 Å². The van der Waals surface area contributed by atoms with Crippen LogP contribution in [0.15, 0.2) is 102 Å². The Kier molecular flexibility index (Phi) is 12.6. The lowest BCUT2D eigenvalue weighted by atomic mass is 9.92. The van der Waals surface area contributed by atoms with E-state index in [9.17, 15) is 28.8 Å². The molecule has 4 aromatic carbocycles. The molecule has 0 spiro atoms. The highest BCUT2D eigenvalue weighted by atomic mass is 31.2. The lowest BCUT2D eigenvalue weighted by molar-refractivity contribution is -0.119. The number of piperidine rings is 1.